The summed E-state index contributed by atoms with van der Waals surface area (Å²) in [7, 11) is 0. The van der Waals surface area contributed by atoms with Crippen molar-refractivity contribution < 1.29 is 4.74 Å². The number of aryl methyl sites for hydroxylation is 1. The summed E-state index contributed by atoms with van der Waals surface area (Å²) in [5, 5.41) is 3.10. The van der Waals surface area contributed by atoms with Crippen LogP contribution in [0.4, 0.5) is 11.6 Å². The van der Waals surface area contributed by atoms with Crippen molar-refractivity contribution in [2.24, 2.45) is 5.73 Å². The Kier molecular flexibility index (Phi) is 3.52. The highest BCUT2D eigenvalue weighted by molar-refractivity contribution is 5.59. The maximum absolute atomic E-state index is 5.35. The van der Waals surface area contributed by atoms with Crippen molar-refractivity contribution in [3.05, 3.63) is 42.2 Å². The zero-order valence-corrected chi connectivity index (χ0v) is 9.55. The molecule has 0 fully saturated rings. The van der Waals surface area contributed by atoms with Gasteiger partial charge in [-0.05, 0) is 31.2 Å². The second-order valence-electron chi connectivity index (χ2n) is 3.45. The van der Waals surface area contributed by atoms with Gasteiger partial charge in [-0.3, -0.25) is 5.73 Å². The van der Waals surface area contributed by atoms with Gasteiger partial charge >= 0.3 is 0 Å². The van der Waals surface area contributed by atoms with Crippen LogP contribution in [0.1, 0.15) is 5.69 Å². The van der Waals surface area contributed by atoms with Gasteiger partial charge in [-0.2, -0.15) is 0 Å². The van der Waals surface area contributed by atoms with Gasteiger partial charge in [-0.15, -0.1) is 0 Å². The third-order valence-electron chi connectivity index (χ3n) is 2.14. The number of rotatable bonds is 4. The minimum Gasteiger partial charge on any atom is -0.475 e. The monoisotopic (exact) mass is 230 g/mol. The molecule has 0 aliphatic carbocycles. The number of aromatic nitrogens is 2. The smallest absolute Gasteiger partial charge is 0.174 e. The van der Waals surface area contributed by atoms with Crippen LogP contribution in [0.15, 0.2) is 36.5 Å². The van der Waals surface area contributed by atoms with Crippen molar-refractivity contribution in [2.45, 2.75) is 6.92 Å². The molecule has 5 nitrogen and oxygen atoms in total. The Hall–Kier alpha value is -2.14. The van der Waals surface area contributed by atoms with Crippen molar-refractivity contribution in [2.75, 3.05) is 12.0 Å². The van der Waals surface area contributed by atoms with E-state index in [-0.39, 0.29) is 6.73 Å². The molecular formula is C12H14N4O. The molecule has 0 radical (unpaired) electrons. The number of pyridine rings is 2. The maximum Gasteiger partial charge on any atom is 0.174 e. The Morgan fingerprint density at radius 3 is 2.94 bits per heavy atom. The number of nitrogens with two attached hydrogens (primary N) is 1. The predicted octanol–water partition coefficient (Wildman–Crippen LogP) is 1.82. The van der Waals surface area contributed by atoms with Gasteiger partial charge in [0.25, 0.3) is 0 Å². The minimum absolute atomic E-state index is 0.113. The van der Waals surface area contributed by atoms with E-state index in [1.165, 1.54) is 0 Å². The molecule has 2 heterocycles. The quantitative estimate of drug-likeness (QED) is 0.784. The number of hydrogen-bond acceptors (Lipinski definition) is 5. The average molecular weight is 230 g/mol. The first-order valence-corrected chi connectivity index (χ1v) is 5.28. The Bertz CT molecular complexity index is 501. The summed E-state index contributed by atoms with van der Waals surface area (Å²) in [5.41, 5.74) is 6.29. The lowest BCUT2D eigenvalue weighted by molar-refractivity contribution is 0.330. The summed E-state index contributed by atoms with van der Waals surface area (Å²) in [6.07, 6.45) is 1.68. The number of ether oxygens (including phenoxy) is 1. The lowest BCUT2D eigenvalue weighted by atomic mass is 10.3. The highest BCUT2D eigenvalue weighted by atomic mass is 16.5. The van der Waals surface area contributed by atoms with Gasteiger partial charge in [-0.1, -0.05) is 6.07 Å². The molecule has 0 atom stereocenters. The Morgan fingerprint density at radius 2 is 2.18 bits per heavy atom. The molecule has 88 valence electrons. The normalized spacial score (nSPS) is 10.0. The number of hydrogen-bond donors (Lipinski definition) is 2. The van der Waals surface area contributed by atoms with Crippen molar-refractivity contribution in [3.63, 3.8) is 0 Å². The molecule has 0 aliphatic heterocycles. The fourth-order valence-electron chi connectivity index (χ4n) is 1.42. The van der Waals surface area contributed by atoms with Crippen LogP contribution in [0.5, 0.6) is 5.75 Å². The molecule has 5 heteroatoms. The molecule has 0 aromatic carbocycles. The molecule has 0 saturated heterocycles. The van der Waals surface area contributed by atoms with E-state index in [0.717, 1.165) is 11.5 Å². The molecule has 0 bridgehead atoms. The van der Waals surface area contributed by atoms with Crippen LogP contribution >= 0.6 is 0 Å². The Labute approximate surface area is 99.7 Å². The molecule has 0 unspecified atom stereocenters. The van der Waals surface area contributed by atoms with Gasteiger partial charge in [-0.25, -0.2) is 9.97 Å². The SMILES string of the molecule is Cc1cccc(Nc2ncccc2OCN)n1. The predicted molar refractivity (Wildman–Crippen MR) is 66.2 cm³/mol. The van der Waals surface area contributed by atoms with E-state index in [1.54, 1.807) is 18.3 Å². The first kappa shape index (κ1) is 11.3. The molecule has 3 N–H and O–H groups in total. The highest BCUT2D eigenvalue weighted by Gasteiger charge is 2.04. The molecule has 0 aliphatic rings. The Balaban J connectivity index is 2.23. The third kappa shape index (κ3) is 2.92. The maximum atomic E-state index is 5.35. The highest BCUT2D eigenvalue weighted by Crippen LogP contribution is 2.23. The van der Waals surface area contributed by atoms with Crippen LogP contribution in [0.25, 0.3) is 0 Å². The molecule has 2 aromatic heterocycles. The van der Waals surface area contributed by atoms with E-state index in [9.17, 15) is 0 Å². The summed E-state index contributed by atoms with van der Waals surface area (Å²) in [6, 6.07) is 9.32. The van der Waals surface area contributed by atoms with Crippen LogP contribution < -0.4 is 15.8 Å². The molecule has 0 saturated carbocycles. The number of nitrogens with one attached hydrogen (secondary N) is 1. The van der Waals surface area contributed by atoms with E-state index in [1.807, 2.05) is 25.1 Å². The van der Waals surface area contributed by atoms with Crippen molar-refractivity contribution >= 4 is 11.6 Å². The summed E-state index contributed by atoms with van der Waals surface area (Å²) in [5.74, 6) is 1.94. The van der Waals surface area contributed by atoms with Crippen molar-refractivity contribution in [1.82, 2.24) is 9.97 Å². The first-order valence-electron chi connectivity index (χ1n) is 5.28. The van der Waals surface area contributed by atoms with Crippen molar-refractivity contribution in [1.29, 1.82) is 0 Å². The molecule has 0 amide bonds. The summed E-state index contributed by atoms with van der Waals surface area (Å²) in [6.45, 7) is 2.04. The summed E-state index contributed by atoms with van der Waals surface area (Å²) >= 11 is 0. The van der Waals surface area contributed by atoms with Crippen LogP contribution in [-0.2, 0) is 0 Å². The zero-order chi connectivity index (χ0) is 12.1. The van der Waals surface area contributed by atoms with Gasteiger partial charge in [0.1, 0.15) is 12.5 Å². The van der Waals surface area contributed by atoms with E-state index >= 15 is 0 Å². The van der Waals surface area contributed by atoms with E-state index < -0.39 is 0 Å². The van der Waals surface area contributed by atoms with Crippen molar-refractivity contribution in [3.8, 4) is 5.75 Å². The van der Waals surface area contributed by atoms with Gasteiger partial charge in [0, 0.05) is 11.9 Å². The molecular weight excluding hydrogens is 216 g/mol. The van der Waals surface area contributed by atoms with E-state index in [4.69, 9.17) is 10.5 Å². The zero-order valence-electron chi connectivity index (χ0n) is 9.55. The molecule has 17 heavy (non-hydrogen) atoms. The second kappa shape index (κ2) is 5.27. The molecule has 2 aromatic rings. The van der Waals surface area contributed by atoms with Crippen LogP contribution in [0.3, 0.4) is 0 Å². The molecule has 0 spiro atoms. The average Bonchev–Trinajstić information content (AvgIpc) is 2.32. The minimum atomic E-state index is 0.113. The van der Waals surface area contributed by atoms with E-state index in [2.05, 4.69) is 15.3 Å². The number of anilines is 2. The fraction of sp³-hybridized carbons (Fsp3) is 0.167. The lowest BCUT2D eigenvalue weighted by Crippen LogP contribution is -2.09. The first-order chi connectivity index (χ1) is 8.29. The fourth-order valence-corrected chi connectivity index (χ4v) is 1.42. The summed E-state index contributed by atoms with van der Waals surface area (Å²) in [4.78, 5) is 8.52. The second-order valence-corrected chi connectivity index (χ2v) is 3.45. The van der Waals surface area contributed by atoms with Crippen LogP contribution in [0, 0.1) is 6.92 Å². The number of nitrogens with zero attached hydrogens (tertiary/aromatic N) is 2. The lowest BCUT2D eigenvalue weighted by Gasteiger charge is -2.10. The largest absolute Gasteiger partial charge is 0.475 e. The van der Waals surface area contributed by atoms with Crippen LogP contribution in [0.2, 0.25) is 0 Å². The van der Waals surface area contributed by atoms with Gasteiger partial charge < -0.3 is 10.1 Å². The Morgan fingerprint density at radius 1 is 1.29 bits per heavy atom. The van der Waals surface area contributed by atoms with E-state index in [0.29, 0.717) is 11.6 Å². The molecule has 2 rings (SSSR count). The standard InChI is InChI=1S/C12H14N4O/c1-9-4-2-6-11(15-9)16-12-10(17-8-13)5-3-7-14-12/h2-7H,8,13H2,1H3,(H,14,15,16). The van der Waals surface area contributed by atoms with Gasteiger partial charge in [0.15, 0.2) is 11.6 Å². The van der Waals surface area contributed by atoms with Gasteiger partial charge in [0.2, 0.25) is 0 Å². The summed E-state index contributed by atoms with van der Waals surface area (Å²) < 4.78 is 5.26. The van der Waals surface area contributed by atoms with Gasteiger partial charge in [0.05, 0.1) is 0 Å². The topological polar surface area (TPSA) is 73.1 Å². The van der Waals surface area contributed by atoms with Crippen LogP contribution in [-0.4, -0.2) is 16.7 Å². The third-order valence-corrected chi connectivity index (χ3v) is 2.14.